The number of nitrogens with zero attached hydrogens (tertiary/aromatic N) is 1. The second kappa shape index (κ2) is 6.59. The molecule has 0 bridgehead atoms. The molecule has 0 amide bonds. The summed E-state index contributed by atoms with van der Waals surface area (Å²) in [7, 11) is 1.59. The van der Waals surface area contributed by atoms with Crippen LogP contribution in [0.15, 0.2) is 10.5 Å². The van der Waals surface area contributed by atoms with Crippen LogP contribution in [-0.4, -0.2) is 43.3 Å². The molecule has 0 unspecified atom stereocenters. The van der Waals surface area contributed by atoms with E-state index >= 15 is 0 Å². The quantitative estimate of drug-likeness (QED) is 0.888. The third kappa shape index (κ3) is 3.22. The Balaban J connectivity index is 2.31. The Kier molecular flexibility index (Phi) is 5.07. The van der Waals surface area contributed by atoms with Gasteiger partial charge >= 0.3 is 0 Å². The molecule has 4 nitrogen and oxygen atoms in total. The van der Waals surface area contributed by atoms with E-state index in [0.29, 0.717) is 5.75 Å². The van der Waals surface area contributed by atoms with E-state index in [1.54, 1.807) is 7.11 Å². The van der Waals surface area contributed by atoms with E-state index in [9.17, 15) is 5.11 Å². The highest BCUT2D eigenvalue weighted by Crippen LogP contribution is 2.38. The number of aromatic hydroxyl groups is 1. The van der Waals surface area contributed by atoms with E-state index < -0.39 is 0 Å². The Bertz CT molecular complexity index is 417. The van der Waals surface area contributed by atoms with Gasteiger partial charge in [-0.15, -0.1) is 0 Å². The van der Waals surface area contributed by atoms with Crippen molar-refractivity contribution in [2.24, 2.45) is 0 Å². The average molecular weight is 329 g/mol. The number of piperazine rings is 1. The maximum absolute atomic E-state index is 10.3. The molecular weight excluding hydrogens is 308 g/mol. The lowest BCUT2D eigenvalue weighted by Crippen LogP contribution is -2.42. The van der Waals surface area contributed by atoms with Crippen molar-refractivity contribution in [1.82, 2.24) is 10.2 Å². The maximum atomic E-state index is 10.3. The van der Waals surface area contributed by atoms with Crippen molar-refractivity contribution in [2.45, 2.75) is 19.9 Å². The van der Waals surface area contributed by atoms with Crippen LogP contribution in [0.25, 0.3) is 0 Å². The lowest BCUT2D eigenvalue weighted by atomic mass is 10.1. The third-order valence-electron chi connectivity index (χ3n) is 3.56. The minimum absolute atomic E-state index is 0.255. The first-order chi connectivity index (χ1) is 9.17. The van der Waals surface area contributed by atoms with E-state index in [2.05, 4.69) is 33.1 Å². The largest absolute Gasteiger partial charge is 0.504 e. The summed E-state index contributed by atoms with van der Waals surface area (Å²) >= 11 is 3.62. The molecule has 1 heterocycles. The molecule has 1 fully saturated rings. The number of phenolic OH excluding ortho intramolecular Hbond substituents is 1. The smallest absolute Gasteiger partial charge is 0.163 e. The number of halogens is 1. The van der Waals surface area contributed by atoms with Crippen molar-refractivity contribution < 1.29 is 9.84 Å². The van der Waals surface area contributed by atoms with Crippen molar-refractivity contribution in [3.63, 3.8) is 0 Å². The molecule has 0 atom stereocenters. The van der Waals surface area contributed by atoms with Crippen LogP contribution in [0.1, 0.15) is 18.1 Å². The number of hydrogen-bond acceptors (Lipinski definition) is 4. The third-order valence-corrected chi connectivity index (χ3v) is 4.55. The highest BCUT2D eigenvalue weighted by Gasteiger charge is 2.19. The summed E-state index contributed by atoms with van der Waals surface area (Å²) in [6.45, 7) is 6.87. The van der Waals surface area contributed by atoms with Crippen LogP contribution >= 0.6 is 15.9 Å². The number of rotatable bonds is 4. The van der Waals surface area contributed by atoms with Gasteiger partial charge in [-0.3, -0.25) is 4.90 Å². The van der Waals surface area contributed by atoms with Gasteiger partial charge in [0.1, 0.15) is 0 Å². The van der Waals surface area contributed by atoms with E-state index in [1.807, 2.05) is 6.07 Å². The first kappa shape index (κ1) is 14.6. The molecule has 1 aliphatic rings. The first-order valence-corrected chi connectivity index (χ1v) is 7.47. The highest BCUT2D eigenvalue weighted by atomic mass is 79.9. The van der Waals surface area contributed by atoms with Gasteiger partial charge < -0.3 is 15.2 Å². The van der Waals surface area contributed by atoms with E-state index in [-0.39, 0.29) is 5.75 Å². The Hall–Kier alpha value is -0.780. The summed E-state index contributed by atoms with van der Waals surface area (Å²) in [6.07, 6.45) is 0.909. The van der Waals surface area contributed by atoms with Gasteiger partial charge in [-0.2, -0.15) is 0 Å². The molecule has 0 aromatic heterocycles. The lowest BCUT2D eigenvalue weighted by Gasteiger charge is -2.28. The van der Waals surface area contributed by atoms with Crippen molar-refractivity contribution in [2.75, 3.05) is 33.3 Å². The monoisotopic (exact) mass is 328 g/mol. The van der Waals surface area contributed by atoms with E-state index in [4.69, 9.17) is 4.74 Å². The second-order valence-electron chi connectivity index (χ2n) is 4.76. The predicted molar refractivity (Wildman–Crippen MR) is 79.9 cm³/mol. The molecule has 19 heavy (non-hydrogen) atoms. The van der Waals surface area contributed by atoms with Gasteiger partial charge in [-0.05, 0) is 18.1 Å². The molecule has 106 valence electrons. The van der Waals surface area contributed by atoms with Gasteiger partial charge in [0.25, 0.3) is 0 Å². The van der Waals surface area contributed by atoms with Crippen LogP contribution in [0.3, 0.4) is 0 Å². The van der Waals surface area contributed by atoms with Crippen molar-refractivity contribution in [3.05, 3.63) is 21.7 Å². The number of ether oxygens (including phenoxy) is 1. The Labute approximate surface area is 122 Å². The number of hydrogen-bond donors (Lipinski definition) is 2. The first-order valence-electron chi connectivity index (χ1n) is 6.67. The van der Waals surface area contributed by atoms with Crippen LogP contribution in [0.2, 0.25) is 0 Å². The summed E-state index contributed by atoms with van der Waals surface area (Å²) < 4.78 is 6.28. The fourth-order valence-electron chi connectivity index (χ4n) is 2.39. The number of benzene rings is 1. The van der Waals surface area contributed by atoms with Crippen molar-refractivity contribution in [1.29, 1.82) is 0 Å². The minimum Gasteiger partial charge on any atom is -0.504 e. The fraction of sp³-hybridized carbons (Fsp3) is 0.571. The van der Waals surface area contributed by atoms with Gasteiger partial charge in [0.2, 0.25) is 0 Å². The number of phenols is 1. The van der Waals surface area contributed by atoms with Gasteiger partial charge in [0, 0.05) is 42.8 Å². The SMILES string of the molecule is CCc1cc(OC)c(O)c(CN2CCNCC2)c1Br. The molecular formula is C14H21BrN2O2. The Morgan fingerprint density at radius 2 is 2.11 bits per heavy atom. The summed E-state index contributed by atoms with van der Waals surface area (Å²) in [6, 6.07) is 1.90. The molecule has 0 saturated carbocycles. The second-order valence-corrected chi connectivity index (χ2v) is 5.55. The van der Waals surface area contributed by atoms with Gasteiger partial charge in [0.05, 0.1) is 7.11 Å². The molecule has 5 heteroatoms. The average Bonchev–Trinajstić information content (AvgIpc) is 2.45. The standard InChI is InChI=1S/C14H21BrN2O2/c1-3-10-8-12(19-2)14(18)11(13(10)15)9-17-6-4-16-5-7-17/h8,16,18H,3-7,9H2,1-2H3. The number of methoxy groups -OCH3 is 1. The number of aryl methyl sites for hydroxylation is 1. The summed E-state index contributed by atoms with van der Waals surface area (Å²) in [5.74, 6) is 0.815. The zero-order chi connectivity index (χ0) is 13.8. The van der Waals surface area contributed by atoms with E-state index in [1.165, 1.54) is 5.56 Å². The maximum Gasteiger partial charge on any atom is 0.163 e. The zero-order valence-electron chi connectivity index (χ0n) is 11.5. The summed E-state index contributed by atoms with van der Waals surface area (Å²) in [4.78, 5) is 2.34. The van der Waals surface area contributed by atoms with Gasteiger partial charge in [-0.25, -0.2) is 0 Å². The van der Waals surface area contributed by atoms with Gasteiger partial charge in [0.15, 0.2) is 11.5 Å². The Morgan fingerprint density at radius 3 is 2.68 bits per heavy atom. The van der Waals surface area contributed by atoms with Crippen LogP contribution in [0.5, 0.6) is 11.5 Å². The summed E-state index contributed by atoms with van der Waals surface area (Å²) in [5, 5.41) is 13.7. The molecule has 2 N–H and O–H groups in total. The highest BCUT2D eigenvalue weighted by molar-refractivity contribution is 9.10. The topological polar surface area (TPSA) is 44.7 Å². The predicted octanol–water partition coefficient (Wildman–Crippen LogP) is 2.13. The molecule has 1 aromatic rings. The molecule has 1 saturated heterocycles. The van der Waals surface area contributed by atoms with Gasteiger partial charge in [-0.1, -0.05) is 22.9 Å². The van der Waals surface area contributed by atoms with Crippen LogP contribution < -0.4 is 10.1 Å². The Morgan fingerprint density at radius 1 is 1.42 bits per heavy atom. The summed E-state index contributed by atoms with van der Waals surface area (Å²) in [5.41, 5.74) is 2.10. The fourth-order valence-corrected chi connectivity index (χ4v) is 3.09. The molecule has 0 radical (unpaired) electrons. The molecule has 2 rings (SSSR count). The minimum atomic E-state index is 0.255. The van der Waals surface area contributed by atoms with E-state index in [0.717, 1.165) is 49.2 Å². The normalized spacial score (nSPS) is 16.6. The van der Waals surface area contributed by atoms with Crippen molar-refractivity contribution >= 4 is 15.9 Å². The molecule has 1 aromatic carbocycles. The lowest BCUT2D eigenvalue weighted by molar-refractivity contribution is 0.229. The molecule has 0 aliphatic carbocycles. The van der Waals surface area contributed by atoms with Crippen LogP contribution in [-0.2, 0) is 13.0 Å². The molecule has 1 aliphatic heterocycles. The van der Waals surface area contributed by atoms with Crippen LogP contribution in [0.4, 0.5) is 0 Å². The van der Waals surface area contributed by atoms with Crippen LogP contribution in [0, 0.1) is 0 Å². The number of nitrogens with one attached hydrogen (secondary N) is 1. The van der Waals surface area contributed by atoms with Crippen molar-refractivity contribution in [3.8, 4) is 11.5 Å². The molecule has 0 spiro atoms. The zero-order valence-corrected chi connectivity index (χ0v) is 13.1.